The molecule has 0 unspecified atom stereocenters. The highest BCUT2D eigenvalue weighted by Crippen LogP contribution is 2.55. The first-order valence-electron chi connectivity index (χ1n) is 23.3. The summed E-state index contributed by atoms with van der Waals surface area (Å²) in [5, 5.41) is 32.8. The lowest BCUT2D eigenvalue weighted by Gasteiger charge is -2.49. The van der Waals surface area contributed by atoms with Gasteiger partial charge < -0.3 is 48.6 Å². The van der Waals surface area contributed by atoms with Crippen LogP contribution in [0.3, 0.4) is 0 Å². The summed E-state index contributed by atoms with van der Waals surface area (Å²) < 4.78 is 40.8. The molecule has 1 amide bonds. The summed E-state index contributed by atoms with van der Waals surface area (Å²) in [6.45, 7) is 17.2. The Morgan fingerprint density at radius 2 is 1.54 bits per heavy atom. The van der Waals surface area contributed by atoms with Crippen LogP contribution in [0.5, 0.6) is 0 Å². The van der Waals surface area contributed by atoms with Gasteiger partial charge in [-0.05, 0) is 68.4 Å². The van der Waals surface area contributed by atoms with E-state index in [9.17, 15) is 20.1 Å². The number of ether oxygens (including phenoxy) is 6. The first kappa shape index (κ1) is 46.5. The Labute approximate surface area is 364 Å². The molecular weight excluding hydrogens is 775 g/mol. The third-order valence-electron chi connectivity index (χ3n) is 15.8. The number of amides is 1. The second-order valence-electron chi connectivity index (χ2n) is 20.1. The van der Waals surface area contributed by atoms with E-state index in [1.165, 1.54) is 0 Å². The van der Waals surface area contributed by atoms with Gasteiger partial charge in [0.1, 0.15) is 0 Å². The molecule has 0 aliphatic carbocycles. The average molecular weight is 850 g/mol. The maximum atomic E-state index is 14.5. The van der Waals surface area contributed by atoms with E-state index in [-0.39, 0.29) is 59.9 Å². The van der Waals surface area contributed by atoms with Crippen molar-refractivity contribution in [1.82, 2.24) is 4.90 Å². The standard InChI is InChI=1S/C50H75NO10/c1-10-48(45-32(3)26-40(57-45)42-31(2)25-33(4)50(55,30-52)60-42)22-21-41(58-48)47(8)23-24-49(61-47)27-39(53)34(5)44(59-49)35(6)43(56-9)36(7)46(54)51(28-37-17-13-11-14-18-37)29-38-19-15-12-16-20-38/h11-20,31-36,39-45,52-53,55H,10,21-30H2,1-9H3/t31-,32-,33+,34+,35-,36-,39-,40+,41+,42-,43+,44-,45+,47-,48-,49+,50-/m0/s1. The summed E-state index contributed by atoms with van der Waals surface area (Å²) in [5.74, 6) is -3.31. The van der Waals surface area contributed by atoms with Gasteiger partial charge in [-0.15, -0.1) is 0 Å². The van der Waals surface area contributed by atoms with Crippen molar-refractivity contribution in [3.63, 3.8) is 0 Å². The number of aliphatic hydroxyl groups is 3. The van der Waals surface area contributed by atoms with Gasteiger partial charge in [-0.1, -0.05) is 109 Å². The Hall–Kier alpha value is -2.45. The van der Waals surface area contributed by atoms with Crippen LogP contribution in [0.1, 0.15) is 118 Å². The Balaban J connectivity index is 1.03. The van der Waals surface area contributed by atoms with Crippen LogP contribution in [0.2, 0.25) is 0 Å². The van der Waals surface area contributed by atoms with Gasteiger partial charge in [0.25, 0.3) is 0 Å². The molecule has 0 saturated carbocycles. The minimum absolute atomic E-state index is 0.00142. The van der Waals surface area contributed by atoms with Crippen molar-refractivity contribution in [2.45, 2.75) is 185 Å². The maximum Gasteiger partial charge on any atom is 0.228 e. The molecule has 5 heterocycles. The third-order valence-corrected chi connectivity index (χ3v) is 15.8. The van der Waals surface area contributed by atoms with Crippen LogP contribution < -0.4 is 0 Å². The van der Waals surface area contributed by atoms with E-state index < -0.39 is 53.6 Å². The van der Waals surface area contributed by atoms with Gasteiger partial charge in [0.2, 0.25) is 5.91 Å². The van der Waals surface area contributed by atoms with Crippen LogP contribution in [0, 0.1) is 35.5 Å². The SMILES string of the molecule is CC[C@@]1([C@@H]2O[C@@H]([C@H]3O[C@@](O)(CO)[C@H](C)C[C@@H]3C)C[C@@H]2C)CC[C@H]([C@]2(C)CC[C@]3(C[C@H](O)[C@@H](C)[C@@H]([C@@H](C)[C@@H](OC)[C@H](C)C(=O)N(Cc4ccccc4)Cc4ccccc4)O3)O2)O1. The molecule has 11 nitrogen and oxygen atoms in total. The van der Waals surface area contributed by atoms with Crippen molar-refractivity contribution in [2.24, 2.45) is 35.5 Å². The van der Waals surface area contributed by atoms with Crippen LogP contribution in [0.15, 0.2) is 60.7 Å². The van der Waals surface area contributed by atoms with E-state index in [1.807, 2.05) is 86.3 Å². The lowest BCUT2D eigenvalue weighted by Crippen LogP contribution is -2.57. The summed E-state index contributed by atoms with van der Waals surface area (Å²) in [7, 11) is 1.67. The number of carbonyl (C=O) groups excluding carboxylic acids is 1. The molecule has 0 bridgehead atoms. The van der Waals surface area contributed by atoms with E-state index in [1.54, 1.807) is 7.11 Å². The van der Waals surface area contributed by atoms with Crippen molar-refractivity contribution in [2.75, 3.05) is 13.7 Å². The molecule has 61 heavy (non-hydrogen) atoms. The number of carbonyl (C=O) groups is 1. The second-order valence-corrected chi connectivity index (χ2v) is 20.1. The van der Waals surface area contributed by atoms with Crippen LogP contribution in [0.25, 0.3) is 0 Å². The molecule has 0 radical (unpaired) electrons. The molecule has 2 aromatic carbocycles. The fourth-order valence-corrected chi connectivity index (χ4v) is 12.0. The number of hydrogen-bond donors (Lipinski definition) is 3. The highest BCUT2D eigenvalue weighted by Gasteiger charge is 2.62. The zero-order valence-corrected chi connectivity index (χ0v) is 38.2. The smallest absolute Gasteiger partial charge is 0.228 e. The van der Waals surface area contributed by atoms with Crippen molar-refractivity contribution in [1.29, 1.82) is 0 Å². The van der Waals surface area contributed by atoms with Crippen molar-refractivity contribution < 1.29 is 48.5 Å². The maximum absolute atomic E-state index is 14.5. The van der Waals surface area contributed by atoms with Gasteiger partial charge in [-0.2, -0.15) is 0 Å². The second kappa shape index (κ2) is 18.6. The average Bonchev–Trinajstić information content (AvgIpc) is 3.97. The predicted molar refractivity (Wildman–Crippen MR) is 232 cm³/mol. The molecule has 11 heteroatoms. The lowest BCUT2D eigenvalue weighted by molar-refractivity contribution is -0.336. The van der Waals surface area contributed by atoms with E-state index >= 15 is 0 Å². The van der Waals surface area contributed by atoms with E-state index in [4.69, 9.17) is 28.4 Å². The quantitative estimate of drug-likeness (QED) is 0.176. The molecule has 3 N–H and O–H groups in total. The summed E-state index contributed by atoms with van der Waals surface area (Å²) in [6, 6.07) is 20.2. The van der Waals surface area contributed by atoms with Crippen molar-refractivity contribution in [3.05, 3.63) is 71.8 Å². The molecule has 5 aliphatic rings. The number of rotatable bonds is 14. The van der Waals surface area contributed by atoms with E-state index in [0.29, 0.717) is 32.4 Å². The van der Waals surface area contributed by atoms with E-state index in [0.717, 1.165) is 43.2 Å². The summed E-state index contributed by atoms with van der Waals surface area (Å²) >= 11 is 0. The Morgan fingerprint density at radius 3 is 2.13 bits per heavy atom. The van der Waals surface area contributed by atoms with Gasteiger partial charge in [0, 0.05) is 50.8 Å². The monoisotopic (exact) mass is 850 g/mol. The molecule has 5 fully saturated rings. The number of hydrogen-bond acceptors (Lipinski definition) is 10. The molecule has 5 saturated heterocycles. The number of benzene rings is 2. The topological polar surface area (TPSA) is 136 Å². The fourth-order valence-electron chi connectivity index (χ4n) is 12.0. The van der Waals surface area contributed by atoms with Crippen molar-refractivity contribution in [3.8, 4) is 0 Å². The van der Waals surface area contributed by atoms with Gasteiger partial charge in [0.05, 0.1) is 66.5 Å². The molecule has 5 aliphatic heterocycles. The van der Waals surface area contributed by atoms with Gasteiger partial charge in [-0.25, -0.2) is 0 Å². The molecule has 7 rings (SSSR count). The van der Waals surface area contributed by atoms with Crippen LogP contribution in [0.4, 0.5) is 0 Å². The minimum Gasteiger partial charge on any atom is -0.393 e. The minimum atomic E-state index is -1.57. The van der Waals surface area contributed by atoms with Gasteiger partial charge >= 0.3 is 0 Å². The Morgan fingerprint density at radius 1 is 0.902 bits per heavy atom. The highest BCUT2D eigenvalue weighted by atomic mass is 16.7. The lowest BCUT2D eigenvalue weighted by atomic mass is 9.78. The molecule has 0 aromatic heterocycles. The summed E-state index contributed by atoms with van der Waals surface area (Å²) in [6.07, 6.45) is 3.17. The van der Waals surface area contributed by atoms with Crippen LogP contribution >= 0.6 is 0 Å². The zero-order valence-electron chi connectivity index (χ0n) is 38.2. The molecular formula is C50H75NO10. The Kier molecular flexibility index (Phi) is 14.2. The first-order chi connectivity index (χ1) is 29.0. The molecule has 2 aromatic rings. The molecule has 340 valence electrons. The molecule has 1 spiro atoms. The van der Waals surface area contributed by atoms with Crippen LogP contribution in [-0.4, -0.2) is 105 Å². The predicted octanol–water partition coefficient (Wildman–Crippen LogP) is 7.42. The first-order valence-corrected chi connectivity index (χ1v) is 23.3. The van der Waals surface area contributed by atoms with Gasteiger partial charge in [0.15, 0.2) is 11.6 Å². The summed E-state index contributed by atoms with van der Waals surface area (Å²) in [5.41, 5.74) is 0.954. The van der Waals surface area contributed by atoms with E-state index in [2.05, 4.69) is 34.6 Å². The summed E-state index contributed by atoms with van der Waals surface area (Å²) in [4.78, 5) is 16.4. The fraction of sp³-hybridized carbons (Fsp3) is 0.740. The molecule has 17 atom stereocenters. The highest BCUT2D eigenvalue weighted by molar-refractivity contribution is 5.79. The largest absolute Gasteiger partial charge is 0.393 e. The van der Waals surface area contributed by atoms with Gasteiger partial charge in [-0.3, -0.25) is 4.79 Å². The number of aliphatic hydroxyl groups excluding tert-OH is 2. The third kappa shape index (κ3) is 9.25. The normalized spacial score (nSPS) is 41.8. The van der Waals surface area contributed by atoms with Crippen molar-refractivity contribution >= 4 is 5.91 Å². The zero-order chi connectivity index (χ0) is 43.9. The van der Waals surface area contributed by atoms with Crippen LogP contribution in [-0.2, 0) is 46.3 Å². The number of methoxy groups -OCH3 is 1. The number of nitrogens with zero attached hydrogens (tertiary/aromatic N) is 1. The Bertz CT molecular complexity index is 1710.